The van der Waals surface area contributed by atoms with Gasteiger partial charge in [0.05, 0.1) is 6.10 Å². The molecule has 0 saturated carbocycles. The van der Waals surface area contributed by atoms with E-state index in [1.165, 1.54) is 0 Å². The molecule has 0 bridgehead atoms. The molecule has 0 aliphatic rings. The molecule has 2 nitrogen and oxygen atoms in total. The van der Waals surface area contributed by atoms with E-state index >= 15 is 0 Å². The SMILES string of the molecule is CO[C@@H](C)/C=N/[Si](C)(C)C(C)(C)C. The first-order valence-corrected chi connectivity index (χ1v) is 7.73. The molecule has 0 radical (unpaired) electrons. The Labute approximate surface area is 83.5 Å². The van der Waals surface area contributed by atoms with Gasteiger partial charge in [-0.15, -0.1) is 0 Å². The quantitative estimate of drug-likeness (QED) is 0.508. The van der Waals surface area contributed by atoms with Crippen molar-refractivity contribution in [2.45, 2.75) is 51.9 Å². The Morgan fingerprint density at radius 1 is 1.31 bits per heavy atom. The third kappa shape index (κ3) is 4.05. The van der Waals surface area contributed by atoms with Crippen molar-refractivity contribution in [3.63, 3.8) is 0 Å². The fourth-order valence-electron chi connectivity index (χ4n) is 0.546. The van der Waals surface area contributed by atoms with E-state index in [1.54, 1.807) is 7.11 Å². The molecule has 13 heavy (non-hydrogen) atoms. The Kier molecular flexibility index (Phi) is 4.32. The zero-order valence-corrected chi connectivity index (χ0v) is 11.0. The van der Waals surface area contributed by atoms with Crippen LogP contribution in [-0.2, 0) is 4.74 Å². The van der Waals surface area contributed by atoms with Crippen LogP contribution in [0.5, 0.6) is 0 Å². The van der Waals surface area contributed by atoms with Crippen LogP contribution < -0.4 is 0 Å². The molecule has 0 rings (SSSR count). The minimum Gasteiger partial charge on any atom is -0.376 e. The molecule has 0 aromatic rings. The summed E-state index contributed by atoms with van der Waals surface area (Å²) in [5, 5.41) is 0.316. The lowest BCUT2D eigenvalue weighted by molar-refractivity contribution is 0.174. The molecule has 0 amide bonds. The lowest BCUT2D eigenvalue weighted by Crippen LogP contribution is -2.35. The predicted octanol–water partition coefficient (Wildman–Crippen LogP) is 3.10. The summed E-state index contributed by atoms with van der Waals surface area (Å²) < 4.78 is 9.82. The molecular formula is C10H23NOSi. The van der Waals surface area contributed by atoms with Crippen LogP contribution in [0.25, 0.3) is 0 Å². The van der Waals surface area contributed by atoms with Gasteiger partial charge < -0.3 is 9.39 Å². The Hall–Kier alpha value is -0.153. The summed E-state index contributed by atoms with van der Waals surface area (Å²) in [6.07, 6.45) is 2.08. The largest absolute Gasteiger partial charge is 0.376 e. The van der Waals surface area contributed by atoms with Gasteiger partial charge in [0, 0.05) is 13.3 Å². The fraction of sp³-hybridized carbons (Fsp3) is 0.900. The smallest absolute Gasteiger partial charge is 0.180 e. The molecule has 0 fully saturated rings. The second-order valence-corrected chi connectivity index (χ2v) is 9.90. The highest BCUT2D eigenvalue weighted by Gasteiger charge is 2.34. The predicted molar refractivity (Wildman–Crippen MR) is 62.2 cm³/mol. The van der Waals surface area contributed by atoms with Gasteiger partial charge in [-0.05, 0) is 25.1 Å². The van der Waals surface area contributed by atoms with Crippen molar-refractivity contribution in [1.29, 1.82) is 0 Å². The molecule has 0 aromatic heterocycles. The number of hydrogen-bond donors (Lipinski definition) is 0. The highest BCUT2D eigenvalue weighted by atomic mass is 28.3. The van der Waals surface area contributed by atoms with Gasteiger partial charge in [-0.25, -0.2) is 0 Å². The van der Waals surface area contributed by atoms with Crippen LogP contribution in [0.3, 0.4) is 0 Å². The number of methoxy groups -OCH3 is 1. The van der Waals surface area contributed by atoms with Gasteiger partial charge in [0.25, 0.3) is 0 Å². The monoisotopic (exact) mass is 201 g/mol. The average Bonchev–Trinajstić information content (AvgIpc) is 1.98. The van der Waals surface area contributed by atoms with E-state index in [0.29, 0.717) is 5.04 Å². The Balaban J connectivity index is 4.42. The van der Waals surface area contributed by atoms with Crippen LogP contribution in [0.2, 0.25) is 18.1 Å². The molecule has 1 atom stereocenters. The van der Waals surface area contributed by atoms with E-state index in [0.717, 1.165) is 0 Å². The molecule has 0 spiro atoms. The number of rotatable bonds is 3. The van der Waals surface area contributed by atoms with Crippen molar-refractivity contribution in [3.8, 4) is 0 Å². The lowest BCUT2D eigenvalue weighted by Gasteiger charge is -2.32. The molecule has 0 saturated heterocycles. The minimum absolute atomic E-state index is 0.133. The van der Waals surface area contributed by atoms with E-state index in [-0.39, 0.29) is 6.10 Å². The van der Waals surface area contributed by atoms with E-state index in [9.17, 15) is 0 Å². The number of ether oxygens (including phenoxy) is 1. The summed E-state index contributed by atoms with van der Waals surface area (Å²) in [6, 6.07) is 0. The van der Waals surface area contributed by atoms with Crippen LogP contribution >= 0.6 is 0 Å². The van der Waals surface area contributed by atoms with Gasteiger partial charge in [0.1, 0.15) is 0 Å². The lowest BCUT2D eigenvalue weighted by atomic mass is 10.2. The minimum atomic E-state index is -1.49. The Bertz CT molecular complexity index is 182. The summed E-state index contributed by atoms with van der Waals surface area (Å²) in [7, 11) is 0.216. The molecule has 78 valence electrons. The summed E-state index contributed by atoms with van der Waals surface area (Å²) in [5.74, 6) is 0. The van der Waals surface area contributed by atoms with E-state index in [2.05, 4.69) is 38.5 Å². The first-order valence-electron chi connectivity index (χ1n) is 4.79. The second kappa shape index (κ2) is 4.38. The summed E-state index contributed by atoms with van der Waals surface area (Å²) in [6.45, 7) is 13.4. The molecule has 3 heteroatoms. The van der Waals surface area contributed by atoms with Gasteiger partial charge >= 0.3 is 0 Å². The third-order valence-corrected chi connectivity index (χ3v) is 7.28. The molecule has 0 aromatic carbocycles. The molecule has 0 unspecified atom stereocenters. The van der Waals surface area contributed by atoms with Gasteiger partial charge in [-0.2, -0.15) is 0 Å². The van der Waals surface area contributed by atoms with Gasteiger partial charge in [0.15, 0.2) is 8.24 Å². The average molecular weight is 201 g/mol. The molecular weight excluding hydrogens is 178 g/mol. The Morgan fingerprint density at radius 3 is 2.08 bits per heavy atom. The molecule has 0 aliphatic carbocycles. The van der Waals surface area contributed by atoms with Crippen LogP contribution in [-0.4, -0.2) is 27.7 Å². The molecule has 0 heterocycles. The molecule has 0 N–H and O–H groups in total. The second-order valence-electron chi connectivity index (χ2n) is 5.03. The maximum absolute atomic E-state index is 5.13. The fourth-order valence-corrected chi connectivity index (χ4v) is 1.52. The summed E-state index contributed by atoms with van der Waals surface area (Å²) in [4.78, 5) is 0. The van der Waals surface area contributed by atoms with Crippen molar-refractivity contribution in [3.05, 3.63) is 0 Å². The maximum atomic E-state index is 5.13. The van der Waals surface area contributed by atoms with Crippen LogP contribution in [0.4, 0.5) is 0 Å². The van der Waals surface area contributed by atoms with E-state index in [1.807, 2.05) is 13.1 Å². The van der Waals surface area contributed by atoms with Crippen LogP contribution in [0.1, 0.15) is 27.7 Å². The standard InChI is InChI=1S/C10H23NOSi/c1-9(12-5)8-11-13(6,7)10(2,3)4/h8-9H,1-7H3/b11-8+/t9-/m0/s1. The number of hydrogen-bond acceptors (Lipinski definition) is 2. The van der Waals surface area contributed by atoms with Gasteiger partial charge in [0.2, 0.25) is 0 Å². The third-order valence-electron chi connectivity index (χ3n) is 2.81. The van der Waals surface area contributed by atoms with Crippen LogP contribution in [0.15, 0.2) is 4.66 Å². The highest BCUT2D eigenvalue weighted by Crippen LogP contribution is 2.36. The van der Waals surface area contributed by atoms with Crippen molar-refractivity contribution in [2.24, 2.45) is 4.66 Å². The highest BCUT2D eigenvalue weighted by molar-refractivity contribution is 6.79. The van der Waals surface area contributed by atoms with Crippen LogP contribution in [0, 0.1) is 0 Å². The van der Waals surface area contributed by atoms with E-state index < -0.39 is 8.24 Å². The van der Waals surface area contributed by atoms with Crippen molar-refractivity contribution >= 4 is 14.5 Å². The molecule has 0 aliphatic heterocycles. The van der Waals surface area contributed by atoms with E-state index in [4.69, 9.17) is 4.74 Å². The normalized spacial score (nSPS) is 16.5. The van der Waals surface area contributed by atoms with Crippen molar-refractivity contribution in [2.75, 3.05) is 7.11 Å². The first kappa shape index (κ1) is 12.8. The Morgan fingerprint density at radius 2 is 1.77 bits per heavy atom. The zero-order valence-electron chi connectivity index (χ0n) is 10.0. The zero-order chi connectivity index (χ0) is 10.7. The number of nitrogens with zero attached hydrogens (tertiary/aromatic N) is 1. The van der Waals surface area contributed by atoms with Gasteiger partial charge in [-0.3, -0.25) is 0 Å². The van der Waals surface area contributed by atoms with Crippen molar-refractivity contribution < 1.29 is 4.74 Å². The maximum Gasteiger partial charge on any atom is 0.180 e. The first-order chi connectivity index (χ1) is 5.70. The van der Waals surface area contributed by atoms with Gasteiger partial charge in [-0.1, -0.05) is 20.8 Å². The topological polar surface area (TPSA) is 21.6 Å². The van der Waals surface area contributed by atoms with Crippen molar-refractivity contribution in [1.82, 2.24) is 0 Å². The summed E-state index contributed by atoms with van der Waals surface area (Å²) >= 11 is 0. The summed E-state index contributed by atoms with van der Waals surface area (Å²) in [5.41, 5.74) is 0.